The fourth-order valence-electron chi connectivity index (χ4n) is 2.31. The van der Waals surface area contributed by atoms with Gasteiger partial charge in [0.15, 0.2) is 5.82 Å². The number of anilines is 1. The quantitative estimate of drug-likeness (QED) is 0.360. The number of carbonyl (C=O) groups is 2. The molecule has 0 spiro atoms. The Morgan fingerprint density at radius 3 is 2.46 bits per heavy atom. The summed E-state index contributed by atoms with van der Waals surface area (Å²) >= 11 is 7.04. The molecule has 1 heterocycles. The molecule has 0 saturated heterocycles. The summed E-state index contributed by atoms with van der Waals surface area (Å²) in [6.45, 7) is 0. The van der Waals surface area contributed by atoms with E-state index in [0.717, 1.165) is 17.3 Å². The number of benzene rings is 2. The molecular weight excluding hydrogens is 402 g/mol. The topological polar surface area (TPSA) is 112 Å². The van der Waals surface area contributed by atoms with Crippen molar-refractivity contribution in [2.45, 2.75) is 5.16 Å². The van der Waals surface area contributed by atoms with Crippen LogP contribution in [-0.2, 0) is 9.53 Å². The Bertz CT molecular complexity index is 989. The second-order valence-electron chi connectivity index (χ2n) is 5.59. The minimum Gasteiger partial charge on any atom is -0.465 e. The number of nitrogen functional groups attached to an aromatic ring is 1. The average molecular weight is 418 g/mol. The first-order valence-electron chi connectivity index (χ1n) is 8.05. The Hall–Kier alpha value is -3.04. The summed E-state index contributed by atoms with van der Waals surface area (Å²) in [5.74, 6) is 5.91. The number of hydrogen-bond acceptors (Lipinski definition) is 7. The minimum absolute atomic E-state index is 0.0920. The van der Waals surface area contributed by atoms with Crippen molar-refractivity contribution in [2.24, 2.45) is 0 Å². The largest absolute Gasteiger partial charge is 0.465 e. The number of carbonyl (C=O) groups excluding carboxylic acids is 2. The molecule has 3 rings (SSSR count). The highest BCUT2D eigenvalue weighted by Crippen LogP contribution is 2.23. The van der Waals surface area contributed by atoms with E-state index in [1.165, 1.54) is 11.8 Å². The molecule has 1 aromatic heterocycles. The molecule has 0 aliphatic carbocycles. The number of aromatic nitrogens is 3. The zero-order chi connectivity index (χ0) is 20.1. The van der Waals surface area contributed by atoms with E-state index in [-0.39, 0.29) is 11.7 Å². The molecule has 0 fully saturated rings. The summed E-state index contributed by atoms with van der Waals surface area (Å²) in [5.41, 5.74) is 1.73. The summed E-state index contributed by atoms with van der Waals surface area (Å²) in [6, 6.07) is 13.4. The summed E-state index contributed by atoms with van der Waals surface area (Å²) < 4.78 is 5.96. The van der Waals surface area contributed by atoms with E-state index in [1.807, 2.05) is 0 Å². The van der Waals surface area contributed by atoms with Crippen LogP contribution in [0.4, 0.5) is 5.69 Å². The lowest BCUT2D eigenvalue weighted by atomic mass is 10.2. The molecule has 3 aromatic rings. The van der Waals surface area contributed by atoms with Gasteiger partial charge in [-0.25, -0.2) is 9.47 Å². The van der Waals surface area contributed by atoms with Crippen LogP contribution < -0.4 is 11.2 Å². The molecule has 0 bridgehead atoms. The van der Waals surface area contributed by atoms with Gasteiger partial charge in [-0.15, -0.1) is 10.2 Å². The van der Waals surface area contributed by atoms with Gasteiger partial charge in [0, 0.05) is 16.3 Å². The average Bonchev–Trinajstić information content (AvgIpc) is 3.07. The molecule has 144 valence electrons. The molecule has 3 N–H and O–H groups in total. The maximum atomic E-state index is 12.1. The number of ether oxygens (including phenoxy) is 1. The van der Waals surface area contributed by atoms with Gasteiger partial charge in [0.05, 0.1) is 18.4 Å². The van der Waals surface area contributed by atoms with Crippen molar-refractivity contribution in [1.82, 2.24) is 14.9 Å². The Morgan fingerprint density at radius 1 is 1.14 bits per heavy atom. The van der Waals surface area contributed by atoms with Crippen molar-refractivity contribution in [3.8, 4) is 11.4 Å². The highest BCUT2D eigenvalue weighted by molar-refractivity contribution is 7.99. The fraction of sp³-hybridized carbons (Fsp3) is 0.111. The van der Waals surface area contributed by atoms with Crippen LogP contribution in [0.3, 0.4) is 0 Å². The molecule has 0 saturated carbocycles. The Balaban J connectivity index is 1.59. The van der Waals surface area contributed by atoms with Crippen LogP contribution in [0.5, 0.6) is 0 Å². The van der Waals surface area contributed by atoms with E-state index in [9.17, 15) is 9.59 Å². The first kappa shape index (κ1) is 19.7. The predicted molar refractivity (Wildman–Crippen MR) is 108 cm³/mol. The van der Waals surface area contributed by atoms with E-state index in [1.54, 1.807) is 48.5 Å². The van der Waals surface area contributed by atoms with Gasteiger partial charge in [0.25, 0.3) is 0 Å². The van der Waals surface area contributed by atoms with Crippen LogP contribution in [0, 0.1) is 0 Å². The summed E-state index contributed by atoms with van der Waals surface area (Å²) in [6.07, 6.45) is 0. The number of halogens is 1. The maximum absolute atomic E-state index is 12.1. The molecule has 28 heavy (non-hydrogen) atoms. The van der Waals surface area contributed by atoms with Crippen LogP contribution in [0.15, 0.2) is 53.7 Å². The summed E-state index contributed by atoms with van der Waals surface area (Å²) in [4.78, 5) is 23.6. The SMILES string of the molecule is COC(=O)c1ccc(NC(=O)CSc2nnc(-c3ccc(Cl)cc3)n2N)cc1. The van der Waals surface area contributed by atoms with Crippen molar-refractivity contribution in [3.05, 3.63) is 59.1 Å². The number of methoxy groups -OCH3 is 1. The van der Waals surface area contributed by atoms with Gasteiger partial charge in [-0.3, -0.25) is 4.79 Å². The lowest BCUT2D eigenvalue weighted by molar-refractivity contribution is -0.113. The third kappa shape index (κ3) is 4.62. The van der Waals surface area contributed by atoms with E-state index in [4.69, 9.17) is 17.4 Å². The first-order valence-corrected chi connectivity index (χ1v) is 9.41. The Morgan fingerprint density at radius 2 is 1.82 bits per heavy atom. The van der Waals surface area contributed by atoms with Gasteiger partial charge in [-0.1, -0.05) is 23.4 Å². The third-order valence-corrected chi connectivity index (χ3v) is 4.88. The Kier molecular flexibility index (Phi) is 6.17. The van der Waals surface area contributed by atoms with Crippen molar-refractivity contribution >= 4 is 40.9 Å². The number of amides is 1. The van der Waals surface area contributed by atoms with Gasteiger partial charge in [0.2, 0.25) is 11.1 Å². The molecule has 10 heteroatoms. The summed E-state index contributed by atoms with van der Waals surface area (Å²) in [7, 11) is 1.31. The molecule has 0 aliphatic rings. The molecule has 0 unspecified atom stereocenters. The van der Waals surface area contributed by atoms with Crippen molar-refractivity contribution in [1.29, 1.82) is 0 Å². The molecular formula is C18H16ClN5O3S. The number of hydrogen-bond donors (Lipinski definition) is 2. The number of nitrogens with zero attached hydrogens (tertiary/aromatic N) is 3. The second-order valence-corrected chi connectivity index (χ2v) is 6.97. The highest BCUT2D eigenvalue weighted by Gasteiger charge is 2.14. The Labute approximate surface area is 170 Å². The minimum atomic E-state index is -0.438. The van der Waals surface area contributed by atoms with Crippen LogP contribution in [0.1, 0.15) is 10.4 Å². The molecule has 8 nitrogen and oxygen atoms in total. The molecule has 2 aromatic carbocycles. The van der Waals surface area contributed by atoms with Crippen molar-refractivity contribution in [3.63, 3.8) is 0 Å². The summed E-state index contributed by atoms with van der Waals surface area (Å²) in [5, 5.41) is 11.8. The zero-order valence-electron chi connectivity index (χ0n) is 14.8. The lowest BCUT2D eigenvalue weighted by Gasteiger charge is -2.06. The fourth-order valence-corrected chi connectivity index (χ4v) is 3.09. The van der Waals surface area contributed by atoms with Crippen LogP contribution >= 0.6 is 23.4 Å². The number of nitrogens with two attached hydrogens (primary N) is 1. The smallest absolute Gasteiger partial charge is 0.337 e. The van der Waals surface area contributed by atoms with Gasteiger partial charge in [-0.2, -0.15) is 0 Å². The lowest BCUT2D eigenvalue weighted by Crippen LogP contribution is -2.16. The van der Waals surface area contributed by atoms with Gasteiger partial charge >= 0.3 is 5.97 Å². The highest BCUT2D eigenvalue weighted by atomic mass is 35.5. The zero-order valence-corrected chi connectivity index (χ0v) is 16.3. The molecule has 0 aliphatic heterocycles. The maximum Gasteiger partial charge on any atom is 0.337 e. The van der Waals surface area contributed by atoms with E-state index >= 15 is 0 Å². The number of thioether (sulfide) groups is 1. The van der Waals surface area contributed by atoms with Crippen molar-refractivity contribution < 1.29 is 14.3 Å². The van der Waals surface area contributed by atoms with Gasteiger partial charge < -0.3 is 15.9 Å². The van der Waals surface area contributed by atoms with Gasteiger partial charge in [-0.05, 0) is 48.5 Å². The van der Waals surface area contributed by atoms with Crippen LogP contribution in [-0.4, -0.2) is 39.6 Å². The second kappa shape index (κ2) is 8.77. The number of nitrogens with one attached hydrogen (secondary N) is 1. The van der Waals surface area contributed by atoms with E-state index < -0.39 is 5.97 Å². The van der Waals surface area contributed by atoms with E-state index in [0.29, 0.717) is 27.3 Å². The first-order chi connectivity index (χ1) is 13.5. The molecule has 0 atom stereocenters. The van der Waals surface area contributed by atoms with Crippen LogP contribution in [0.25, 0.3) is 11.4 Å². The molecule has 1 amide bonds. The van der Waals surface area contributed by atoms with Crippen LogP contribution in [0.2, 0.25) is 5.02 Å². The standard InChI is InChI=1S/C18H16ClN5O3S/c1-27-17(26)12-4-8-14(9-5-12)21-15(25)10-28-18-23-22-16(24(18)20)11-2-6-13(19)7-3-11/h2-9H,10,20H2,1H3,(H,21,25). The van der Waals surface area contributed by atoms with E-state index in [2.05, 4.69) is 20.3 Å². The number of esters is 1. The van der Waals surface area contributed by atoms with Gasteiger partial charge in [0.1, 0.15) is 0 Å². The normalized spacial score (nSPS) is 10.5. The predicted octanol–water partition coefficient (Wildman–Crippen LogP) is 2.83. The number of rotatable bonds is 6. The monoisotopic (exact) mass is 417 g/mol. The van der Waals surface area contributed by atoms with Crippen molar-refractivity contribution in [2.75, 3.05) is 24.0 Å². The molecule has 0 radical (unpaired) electrons. The third-order valence-electron chi connectivity index (χ3n) is 3.69.